The van der Waals surface area contributed by atoms with E-state index in [9.17, 15) is 9.59 Å². The highest BCUT2D eigenvalue weighted by atomic mass is 16.5. The first kappa shape index (κ1) is 22.3. The van der Waals surface area contributed by atoms with Gasteiger partial charge in [-0.1, -0.05) is 73.3 Å². The molecule has 172 valence electrons. The van der Waals surface area contributed by atoms with E-state index in [1.807, 2.05) is 54.6 Å². The Bertz CT molecular complexity index is 1220. The fourth-order valence-corrected chi connectivity index (χ4v) is 5.31. The Kier molecular flexibility index (Phi) is 5.90. The summed E-state index contributed by atoms with van der Waals surface area (Å²) in [6, 6.07) is 22.9. The highest BCUT2D eigenvalue weighted by molar-refractivity contribution is 6.32. The van der Waals surface area contributed by atoms with Crippen LogP contribution in [0.5, 0.6) is 5.75 Å². The van der Waals surface area contributed by atoms with Crippen LogP contribution in [0.3, 0.4) is 0 Å². The van der Waals surface area contributed by atoms with Crippen LogP contribution < -0.4 is 4.74 Å². The molecule has 2 aliphatic rings. The molecule has 1 heterocycles. The molecule has 3 aromatic rings. The van der Waals surface area contributed by atoms with Crippen LogP contribution >= 0.6 is 0 Å². The van der Waals surface area contributed by atoms with Crippen molar-refractivity contribution in [3.8, 4) is 5.75 Å². The standard InChI is InChI=1S/C29H28N2O3/c1-3-21-9-8-11-23(19-21)29(27(32)24-12-5-6-13-25(24)28(29)33)31-17-15-30(16-18-31)20-22-10-4-7-14-26(22)34-2/h3-14,19H,1,15-18,20H2,2H3. The molecule has 0 atom stereocenters. The van der Waals surface area contributed by atoms with E-state index in [1.54, 1.807) is 25.3 Å². The third kappa shape index (κ3) is 3.49. The zero-order chi connectivity index (χ0) is 23.7. The maximum Gasteiger partial charge on any atom is 0.196 e. The maximum absolute atomic E-state index is 14.0. The normalized spacial score (nSPS) is 18.0. The minimum atomic E-state index is -1.33. The molecule has 0 unspecified atom stereocenters. The summed E-state index contributed by atoms with van der Waals surface area (Å²) in [7, 11) is 1.69. The summed E-state index contributed by atoms with van der Waals surface area (Å²) in [6.45, 7) is 7.35. The summed E-state index contributed by atoms with van der Waals surface area (Å²) >= 11 is 0. The maximum atomic E-state index is 14.0. The second kappa shape index (κ2) is 9.01. The van der Waals surface area contributed by atoms with E-state index in [2.05, 4.69) is 22.4 Å². The lowest BCUT2D eigenvalue weighted by Gasteiger charge is -2.44. The van der Waals surface area contributed by atoms with Crippen molar-refractivity contribution in [2.24, 2.45) is 0 Å². The minimum absolute atomic E-state index is 0.132. The molecular formula is C29H28N2O3. The second-order valence-corrected chi connectivity index (χ2v) is 8.82. The summed E-state index contributed by atoms with van der Waals surface area (Å²) in [5.41, 5.74) is 2.42. The number of hydrogen-bond donors (Lipinski definition) is 0. The number of carbonyl (C=O) groups excluding carboxylic acids is 2. The van der Waals surface area contributed by atoms with Crippen LogP contribution in [0.15, 0.2) is 79.4 Å². The second-order valence-electron chi connectivity index (χ2n) is 8.82. The van der Waals surface area contributed by atoms with Crippen LogP contribution in [-0.2, 0) is 12.1 Å². The number of Topliss-reactive ketones (excluding diaryl/α,β-unsaturated/α-hetero) is 2. The Hall–Kier alpha value is -3.54. The molecule has 0 bridgehead atoms. The number of para-hydroxylation sites is 1. The number of ketones is 2. The van der Waals surface area contributed by atoms with Gasteiger partial charge in [0.2, 0.25) is 0 Å². The van der Waals surface area contributed by atoms with Gasteiger partial charge in [-0.3, -0.25) is 19.4 Å². The first-order valence-corrected chi connectivity index (χ1v) is 11.6. The molecular weight excluding hydrogens is 424 g/mol. The predicted molar refractivity (Wildman–Crippen MR) is 133 cm³/mol. The van der Waals surface area contributed by atoms with Crippen LogP contribution in [0.2, 0.25) is 0 Å². The van der Waals surface area contributed by atoms with Gasteiger partial charge in [-0.15, -0.1) is 0 Å². The summed E-state index contributed by atoms with van der Waals surface area (Å²) in [4.78, 5) is 32.4. The molecule has 5 rings (SSSR count). The van der Waals surface area contributed by atoms with Gasteiger partial charge in [0, 0.05) is 49.4 Å². The molecule has 0 saturated carbocycles. The highest BCUT2D eigenvalue weighted by Crippen LogP contribution is 2.43. The number of nitrogens with zero attached hydrogens (tertiary/aromatic N) is 2. The number of methoxy groups -OCH3 is 1. The lowest BCUT2D eigenvalue weighted by atomic mass is 9.81. The van der Waals surface area contributed by atoms with E-state index in [4.69, 9.17) is 4.74 Å². The van der Waals surface area contributed by atoms with E-state index < -0.39 is 5.54 Å². The van der Waals surface area contributed by atoms with Crippen molar-refractivity contribution in [1.29, 1.82) is 0 Å². The Morgan fingerprint density at radius 2 is 1.53 bits per heavy atom. The Labute approximate surface area is 200 Å². The van der Waals surface area contributed by atoms with Gasteiger partial charge in [0.25, 0.3) is 0 Å². The number of piperazine rings is 1. The SMILES string of the molecule is C=Cc1cccc(C2(N3CCN(Cc4ccccc4OC)CC3)C(=O)c3ccccc3C2=O)c1. The number of fused-ring (bicyclic) bond motifs is 1. The average Bonchev–Trinajstić information content (AvgIpc) is 3.12. The van der Waals surface area contributed by atoms with E-state index in [0.29, 0.717) is 29.8 Å². The van der Waals surface area contributed by atoms with Crippen molar-refractivity contribution in [2.45, 2.75) is 12.1 Å². The number of rotatable bonds is 6. The van der Waals surface area contributed by atoms with Crippen molar-refractivity contribution in [1.82, 2.24) is 9.80 Å². The van der Waals surface area contributed by atoms with Crippen LogP contribution in [0, 0.1) is 0 Å². The summed E-state index contributed by atoms with van der Waals surface area (Å²) in [5.74, 6) is 0.610. The van der Waals surface area contributed by atoms with Crippen LogP contribution in [0.1, 0.15) is 37.4 Å². The lowest BCUT2D eigenvalue weighted by molar-refractivity contribution is 0.0278. The molecule has 0 spiro atoms. The molecule has 0 aromatic heterocycles. The average molecular weight is 453 g/mol. The number of carbonyl (C=O) groups is 2. The highest BCUT2D eigenvalue weighted by Gasteiger charge is 2.58. The molecule has 5 nitrogen and oxygen atoms in total. The van der Waals surface area contributed by atoms with Gasteiger partial charge < -0.3 is 4.74 Å². The molecule has 1 aliphatic heterocycles. The number of hydrogen-bond acceptors (Lipinski definition) is 5. The molecule has 1 fully saturated rings. The van der Waals surface area contributed by atoms with Crippen molar-refractivity contribution in [2.75, 3.05) is 33.3 Å². The van der Waals surface area contributed by atoms with Crippen LogP contribution in [-0.4, -0.2) is 54.7 Å². The Morgan fingerprint density at radius 1 is 0.882 bits per heavy atom. The smallest absolute Gasteiger partial charge is 0.196 e. The predicted octanol–water partition coefficient (Wildman–Crippen LogP) is 4.43. The monoisotopic (exact) mass is 452 g/mol. The molecule has 3 aromatic carbocycles. The van der Waals surface area contributed by atoms with Crippen molar-refractivity contribution in [3.05, 3.63) is 107 Å². The van der Waals surface area contributed by atoms with Crippen LogP contribution in [0.25, 0.3) is 6.08 Å². The van der Waals surface area contributed by atoms with Crippen molar-refractivity contribution < 1.29 is 14.3 Å². The first-order chi connectivity index (χ1) is 16.6. The molecule has 0 N–H and O–H groups in total. The largest absolute Gasteiger partial charge is 0.496 e. The minimum Gasteiger partial charge on any atom is -0.496 e. The van der Waals surface area contributed by atoms with E-state index in [1.165, 1.54) is 0 Å². The number of benzene rings is 3. The summed E-state index contributed by atoms with van der Waals surface area (Å²) in [5, 5.41) is 0. The van der Waals surface area contributed by atoms with Crippen LogP contribution in [0.4, 0.5) is 0 Å². The molecule has 0 radical (unpaired) electrons. The van der Waals surface area contributed by atoms with Gasteiger partial charge in [-0.05, 0) is 23.3 Å². The zero-order valence-corrected chi connectivity index (χ0v) is 19.4. The van der Waals surface area contributed by atoms with Gasteiger partial charge >= 0.3 is 0 Å². The topological polar surface area (TPSA) is 49.9 Å². The Balaban J connectivity index is 1.48. The van der Waals surface area contributed by atoms with E-state index >= 15 is 0 Å². The molecule has 1 saturated heterocycles. The van der Waals surface area contributed by atoms with Gasteiger partial charge in [-0.2, -0.15) is 0 Å². The Morgan fingerprint density at radius 3 is 2.18 bits per heavy atom. The third-order valence-corrected chi connectivity index (χ3v) is 7.05. The molecule has 1 aliphatic carbocycles. The summed E-state index contributed by atoms with van der Waals surface area (Å²) in [6.07, 6.45) is 1.75. The van der Waals surface area contributed by atoms with Crippen molar-refractivity contribution in [3.63, 3.8) is 0 Å². The lowest BCUT2D eigenvalue weighted by Crippen LogP contribution is -2.60. The molecule has 0 amide bonds. The molecule has 34 heavy (non-hydrogen) atoms. The quantitative estimate of drug-likeness (QED) is 0.518. The van der Waals surface area contributed by atoms with E-state index in [-0.39, 0.29) is 11.6 Å². The zero-order valence-electron chi connectivity index (χ0n) is 19.4. The summed E-state index contributed by atoms with van der Waals surface area (Å²) < 4.78 is 5.51. The van der Waals surface area contributed by atoms with Gasteiger partial charge in [0.15, 0.2) is 17.1 Å². The first-order valence-electron chi connectivity index (χ1n) is 11.6. The third-order valence-electron chi connectivity index (χ3n) is 7.05. The fraction of sp³-hybridized carbons (Fsp3) is 0.241. The molecule has 5 heteroatoms. The van der Waals surface area contributed by atoms with Gasteiger partial charge in [0.05, 0.1) is 7.11 Å². The fourth-order valence-electron chi connectivity index (χ4n) is 5.31. The van der Waals surface area contributed by atoms with Gasteiger partial charge in [-0.25, -0.2) is 0 Å². The van der Waals surface area contributed by atoms with Crippen molar-refractivity contribution >= 4 is 17.6 Å². The van der Waals surface area contributed by atoms with Gasteiger partial charge in [0.1, 0.15) is 5.75 Å². The number of ether oxygens (including phenoxy) is 1. The van der Waals surface area contributed by atoms with E-state index in [0.717, 1.165) is 36.5 Å².